The summed E-state index contributed by atoms with van der Waals surface area (Å²) in [6.07, 6.45) is 0. The average Bonchev–Trinajstić information content (AvgIpc) is 2.35. The Morgan fingerprint density at radius 3 is 2.50 bits per heavy atom. The number of sulfonamides is 1. The first-order valence-corrected chi connectivity index (χ1v) is 8.11. The van der Waals surface area contributed by atoms with E-state index < -0.39 is 16.0 Å². The van der Waals surface area contributed by atoms with Gasteiger partial charge in [-0.2, -0.15) is 0 Å². The van der Waals surface area contributed by atoms with Crippen LogP contribution in [0.3, 0.4) is 0 Å². The van der Waals surface area contributed by atoms with Crippen LogP contribution in [-0.4, -0.2) is 51.1 Å². The Kier molecular flexibility index (Phi) is 5.69. The maximum Gasteiger partial charge on any atom is 0.335 e. The van der Waals surface area contributed by atoms with E-state index in [9.17, 15) is 13.2 Å². The van der Waals surface area contributed by atoms with E-state index in [1.54, 1.807) is 0 Å². The van der Waals surface area contributed by atoms with Gasteiger partial charge >= 0.3 is 5.97 Å². The lowest BCUT2D eigenvalue weighted by Crippen LogP contribution is -2.38. The van der Waals surface area contributed by atoms with Crippen LogP contribution in [0, 0.1) is 0 Å². The van der Waals surface area contributed by atoms with Crippen LogP contribution in [0.1, 0.15) is 17.3 Å². The molecule has 6 nitrogen and oxygen atoms in total. The number of carboxylic acid groups (broad SMARTS) is 1. The average molecular weight is 365 g/mol. The van der Waals surface area contributed by atoms with Crippen LogP contribution >= 0.6 is 15.9 Å². The summed E-state index contributed by atoms with van der Waals surface area (Å²) in [7, 11) is 0.0369. The molecule has 0 spiro atoms. The van der Waals surface area contributed by atoms with Gasteiger partial charge in [-0.3, -0.25) is 0 Å². The summed E-state index contributed by atoms with van der Waals surface area (Å²) < 4.78 is 27.0. The molecule has 0 heterocycles. The monoisotopic (exact) mass is 364 g/mol. The Balaban J connectivity index is 2.96. The van der Waals surface area contributed by atoms with Crippen molar-refractivity contribution in [2.24, 2.45) is 0 Å². The molecular formula is C12H17BrN2O4S. The van der Waals surface area contributed by atoms with Gasteiger partial charge in [-0.05, 0) is 55.1 Å². The minimum Gasteiger partial charge on any atom is -0.478 e. The van der Waals surface area contributed by atoms with Gasteiger partial charge in [0.05, 0.1) is 10.5 Å². The maximum atomic E-state index is 12.2. The molecule has 0 fully saturated rings. The minimum atomic E-state index is -3.68. The number of carboxylic acids is 1. The van der Waals surface area contributed by atoms with Crippen molar-refractivity contribution in [2.45, 2.75) is 17.9 Å². The number of rotatable bonds is 6. The van der Waals surface area contributed by atoms with Crippen molar-refractivity contribution >= 4 is 31.9 Å². The number of hydrogen-bond donors (Lipinski definition) is 2. The molecule has 0 saturated heterocycles. The van der Waals surface area contributed by atoms with Crippen molar-refractivity contribution in [3.63, 3.8) is 0 Å². The van der Waals surface area contributed by atoms with Crippen LogP contribution in [-0.2, 0) is 10.0 Å². The molecule has 0 aliphatic rings. The normalized spacial score (nSPS) is 13.4. The SMILES string of the molecule is CC(CNS(=O)(=O)c1ccc(C(=O)O)cc1Br)N(C)C. The highest BCUT2D eigenvalue weighted by Crippen LogP contribution is 2.23. The van der Waals surface area contributed by atoms with E-state index in [-0.39, 0.29) is 27.5 Å². The third kappa shape index (κ3) is 4.27. The van der Waals surface area contributed by atoms with Crippen molar-refractivity contribution in [1.82, 2.24) is 9.62 Å². The Bertz CT molecular complexity index is 601. The largest absolute Gasteiger partial charge is 0.478 e. The molecule has 1 rings (SSSR count). The van der Waals surface area contributed by atoms with Crippen molar-refractivity contribution < 1.29 is 18.3 Å². The van der Waals surface area contributed by atoms with Crippen molar-refractivity contribution in [3.05, 3.63) is 28.2 Å². The molecule has 0 saturated carbocycles. The van der Waals surface area contributed by atoms with Gasteiger partial charge < -0.3 is 10.0 Å². The van der Waals surface area contributed by atoms with Gasteiger partial charge in [-0.1, -0.05) is 0 Å². The van der Waals surface area contributed by atoms with E-state index in [1.807, 2.05) is 25.9 Å². The summed E-state index contributed by atoms with van der Waals surface area (Å²) in [6.45, 7) is 2.16. The second kappa shape index (κ2) is 6.66. The molecule has 8 heteroatoms. The summed E-state index contributed by atoms with van der Waals surface area (Å²) >= 11 is 3.09. The molecular weight excluding hydrogens is 348 g/mol. The van der Waals surface area contributed by atoms with Crippen LogP contribution in [0.25, 0.3) is 0 Å². The van der Waals surface area contributed by atoms with E-state index >= 15 is 0 Å². The quantitative estimate of drug-likeness (QED) is 0.795. The van der Waals surface area contributed by atoms with E-state index in [1.165, 1.54) is 18.2 Å². The number of likely N-dealkylation sites (N-methyl/N-ethyl adjacent to an activating group) is 1. The zero-order valence-corrected chi connectivity index (χ0v) is 13.8. The minimum absolute atomic E-state index is 0.0217. The van der Waals surface area contributed by atoms with Crippen LogP contribution in [0.4, 0.5) is 0 Å². The van der Waals surface area contributed by atoms with Gasteiger partial charge in [0, 0.05) is 17.1 Å². The van der Waals surface area contributed by atoms with Crippen LogP contribution in [0.15, 0.2) is 27.6 Å². The molecule has 20 heavy (non-hydrogen) atoms. The summed E-state index contributed by atoms with van der Waals surface area (Å²) in [5.41, 5.74) is 0.0254. The van der Waals surface area contributed by atoms with Crippen molar-refractivity contribution in [2.75, 3.05) is 20.6 Å². The molecule has 0 amide bonds. The molecule has 1 aromatic rings. The van der Waals surface area contributed by atoms with Crippen LogP contribution in [0.2, 0.25) is 0 Å². The van der Waals surface area contributed by atoms with Gasteiger partial charge in [0.25, 0.3) is 0 Å². The number of halogens is 1. The maximum absolute atomic E-state index is 12.2. The molecule has 112 valence electrons. The molecule has 1 atom stereocenters. The van der Waals surface area contributed by atoms with E-state index in [0.29, 0.717) is 0 Å². The first kappa shape index (κ1) is 17.1. The predicted molar refractivity (Wildman–Crippen MR) is 79.4 cm³/mol. The highest BCUT2D eigenvalue weighted by Gasteiger charge is 2.20. The van der Waals surface area contributed by atoms with Gasteiger partial charge in [-0.15, -0.1) is 0 Å². The highest BCUT2D eigenvalue weighted by molar-refractivity contribution is 9.10. The fourth-order valence-electron chi connectivity index (χ4n) is 1.34. The van der Waals surface area contributed by atoms with Crippen LogP contribution < -0.4 is 4.72 Å². The topological polar surface area (TPSA) is 86.7 Å². The van der Waals surface area contributed by atoms with Gasteiger partial charge in [0.1, 0.15) is 0 Å². The lowest BCUT2D eigenvalue weighted by atomic mass is 10.2. The summed E-state index contributed by atoms with van der Waals surface area (Å²) in [4.78, 5) is 12.7. The van der Waals surface area contributed by atoms with Gasteiger partial charge in [0.2, 0.25) is 10.0 Å². The Labute approximate surface area is 127 Å². The number of benzene rings is 1. The number of nitrogens with zero attached hydrogens (tertiary/aromatic N) is 1. The Morgan fingerprint density at radius 2 is 2.05 bits per heavy atom. The standard InChI is InChI=1S/C12H17BrN2O4S/c1-8(15(2)3)7-14-20(18,19)11-5-4-9(12(16)17)6-10(11)13/h4-6,8,14H,7H2,1-3H3,(H,16,17). The fourth-order valence-corrected chi connectivity index (χ4v) is 3.54. The van der Waals surface area contributed by atoms with Crippen molar-refractivity contribution in [1.29, 1.82) is 0 Å². The second-order valence-corrected chi connectivity index (χ2v) is 7.20. The number of carbonyl (C=O) groups is 1. The summed E-state index contributed by atoms with van der Waals surface area (Å²) in [6, 6.07) is 3.85. The Morgan fingerprint density at radius 1 is 1.45 bits per heavy atom. The molecule has 0 aliphatic carbocycles. The molecule has 0 bridgehead atoms. The third-order valence-electron chi connectivity index (χ3n) is 2.92. The molecule has 0 radical (unpaired) electrons. The predicted octanol–water partition coefficient (Wildman–Crippen LogP) is 1.38. The lowest BCUT2D eigenvalue weighted by Gasteiger charge is -2.20. The molecule has 1 unspecified atom stereocenters. The van der Waals surface area contributed by atoms with Gasteiger partial charge in [0.15, 0.2) is 0 Å². The number of nitrogens with one attached hydrogen (secondary N) is 1. The zero-order valence-electron chi connectivity index (χ0n) is 11.4. The van der Waals surface area contributed by atoms with E-state index in [2.05, 4.69) is 20.7 Å². The second-order valence-electron chi connectivity index (χ2n) is 4.61. The van der Waals surface area contributed by atoms with Crippen molar-refractivity contribution in [3.8, 4) is 0 Å². The van der Waals surface area contributed by atoms with E-state index in [0.717, 1.165) is 0 Å². The number of aromatic carboxylic acids is 1. The Hall–Kier alpha value is -0.960. The molecule has 2 N–H and O–H groups in total. The summed E-state index contributed by atoms with van der Waals surface area (Å²) in [5.74, 6) is -1.11. The zero-order chi connectivity index (χ0) is 15.5. The van der Waals surface area contributed by atoms with E-state index in [4.69, 9.17) is 5.11 Å². The lowest BCUT2D eigenvalue weighted by molar-refractivity contribution is 0.0696. The fraction of sp³-hybridized carbons (Fsp3) is 0.417. The first-order valence-electron chi connectivity index (χ1n) is 5.84. The molecule has 1 aromatic carbocycles. The smallest absolute Gasteiger partial charge is 0.335 e. The van der Waals surface area contributed by atoms with Crippen LogP contribution in [0.5, 0.6) is 0 Å². The number of hydrogen-bond acceptors (Lipinski definition) is 4. The van der Waals surface area contributed by atoms with Gasteiger partial charge in [-0.25, -0.2) is 17.9 Å². The molecule has 0 aromatic heterocycles. The first-order chi connectivity index (χ1) is 9.15. The highest BCUT2D eigenvalue weighted by atomic mass is 79.9. The summed E-state index contributed by atoms with van der Waals surface area (Å²) in [5, 5.41) is 8.85. The third-order valence-corrected chi connectivity index (χ3v) is 5.32. The molecule has 0 aliphatic heterocycles.